The largest absolute Gasteiger partial charge is 0.497 e. The number of piperidine rings is 1. The molecule has 0 radical (unpaired) electrons. The number of benzene rings is 1. The van der Waals surface area contributed by atoms with Crippen molar-refractivity contribution in [3.8, 4) is 11.5 Å². The van der Waals surface area contributed by atoms with Crippen LogP contribution in [0.1, 0.15) is 32.6 Å². The van der Waals surface area contributed by atoms with Gasteiger partial charge in [-0.3, -0.25) is 9.59 Å². The van der Waals surface area contributed by atoms with Crippen molar-refractivity contribution in [1.82, 2.24) is 4.90 Å². The predicted molar refractivity (Wildman–Crippen MR) is 92.6 cm³/mol. The number of carbonyl (C=O) groups excluding carboxylic acids is 2. The van der Waals surface area contributed by atoms with Gasteiger partial charge in [-0.15, -0.1) is 0 Å². The standard InChI is InChI=1S/C18H26N2O4/c1-14(21)20(12-9-18(22)19-10-5-4-6-11-19)16-13-15(23-2)7-8-17(16)24-3/h7-8,13H,4-6,9-12H2,1-3H3. The van der Waals surface area contributed by atoms with Crippen LogP contribution < -0.4 is 14.4 Å². The van der Waals surface area contributed by atoms with E-state index in [0.29, 0.717) is 30.2 Å². The van der Waals surface area contributed by atoms with Gasteiger partial charge in [0.2, 0.25) is 11.8 Å². The molecule has 0 N–H and O–H groups in total. The van der Waals surface area contributed by atoms with Crippen molar-refractivity contribution in [2.75, 3.05) is 38.8 Å². The van der Waals surface area contributed by atoms with Crippen LogP contribution in [0.3, 0.4) is 0 Å². The predicted octanol–water partition coefficient (Wildman–Crippen LogP) is 2.46. The van der Waals surface area contributed by atoms with Crippen LogP contribution in [0.2, 0.25) is 0 Å². The molecule has 0 saturated carbocycles. The summed E-state index contributed by atoms with van der Waals surface area (Å²) < 4.78 is 10.6. The van der Waals surface area contributed by atoms with Gasteiger partial charge in [-0.2, -0.15) is 0 Å². The molecule has 2 amide bonds. The molecule has 6 nitrogen and oxygen atoms in total. The van der Waals surface area contributed by atoms with Crippen LogP contribution in [0.15, 0.2) is 18.2 Å². The van der Waals surface area contributed by atoms with Crippen molar-refractivity contribution < 1.29 is 19.1 Å². The SMILES string of the molecule is COc1ccc(OC)c(N(CCC(=O)N2CCCCC2)C(C)=O)c1. The molecule has 1 saturated heterocycles. The van der Waals surface area contributed by atoms with Crippen molar-refractivity contribution >= 4 is 17.5 Å². The Morgan fingerprint density at radius 3 is 2.42 bits per heavy atom. The van der Waals surface area contributed by atoms with E-state index in [1.54, 1.807) is 37.3 Å². The van der Waals surface area contributed by atoms with E-state index in [1.165, 1.54) is 13.3 Å². The van der Waals surface area contributed by atoms with E-state index < -0.39 is 0 Å². The summed E-state index contributed by atoms with van der Waals surface area (Å²) in [5.41, 5.74) is 0.621. The molecule has 1 heterocycles. The van der Waals surface area contributed by atoms with Gasteiger partial charge in [0.25, 0.3) is 0 Å². The van der Waals surface area contributed by atoms with Gasteiger partial charge in [-0.25, -0.2) is 0 Å². The molecule has 6 heteroatoms. The molecule has 0 bridgehead atoms. The van der Waals surface area contributed by atoms with E-state index in [1.807, 2.05) is 4.90 Å². The first-order chi connectivity index (χ1) is 11.6. The first-order valence-electron chi connectivity index (χ1n) is 8.34. The maximum atomic E-state index is 12.4. The lowest BCUT2D eigenvalue weighted by molar-refractivity contribution is -0.131. The maximum absolute atomic E-state index is 12.4. The van der Waals surface area contributed by atoms with Gasteiger partial charge in [0.1, 0.15) is 11.5 Å². The topological polar surface area (TPSA) is 59.1 Å². The maximum Gasteiger partial charge on any atom is 0.224 e. The summed E-state index contributed by atoms with van der Waals surface area (Å²) in [5, 5.41) is 0. The van der Waals surface area contributed by atoms with E-state index in [-0.39, 0.29) is 11.8 Å². The fourth-order valence-electron chi connectivity index (χ4n) is 2.96. The fourth-order valence-corrected chi connectivity index (χ4v) is 2.96. The van der Waals surface area contributed by atoms with Crippen LogP contribution in [-0.2, 0) is 9.59 Å². The third-order valence-corrected chi connectivity index (χ3v) is 4.31. The van der Waals surface area contributed by atoms with E-state index in [2.05, 4.69) is 0 Å². The zero-order valence-electron chi connectivity index (χ0n) is 14.7. The van der Waals surface area contributed by atoms with Crippen molar-refractivity contribution in [2.45, 2.75) is 32.6 Å². The minimum atomic E-state index is -0.131. The number of nitrogens with zero attached hydrogens (tertiary/aromatic N) is 2. The average molecular weight is 334 g/mol. The molecule has 0 unspecified atom stereocenters. The Bertz CT molecular complexity index is 582. The van der Waals surface area contributed by atoms with Crippen molar-refractivity contribution in [1.29, 1.82) is 0 Å². The minimum Gasteiger partial charge on any atom is -0.497 e. The summed E-state index contributed by atoms with van der Waals surface area (Å²) in [6.45, 7) is 3.46. The number of hydrogen-bond acceptors (Lipinski definition) is 4. The number of ether oxygens (including phenoxy) is 2. The van der Waals surface area contributed by atoms with Gasteiger partial charge in [0.05, 0.1) is 19.9 Å². The Kier molecular flexibility index (Phi) is 6.46. The van der Waals surface area contributed by atoms with Crippen LogP contribution in [0.5, 0.6) is 11.5 Å². The van der Waals surface area contributed by atoms with Gasteiger partial charge in [-0.1, -0.05) is 0 Å². The summed E-state index contributed by atoms with van der Waals surface area (Å²) >= 11 is 0. The lowest BCUT2D eigenvalue weighted by atomic mass is 10.1. The molecular weight excluding hydrogens is 308 g/mol. The highest BCUT2D eigenvalue weighted by Gasteiger charge is 2.21. The Hall–Kier alpha value is -2.24. The Balaban J connectivity index is 2.11. The van der Waals surface area contributed by atoms with Crippen molar-refractivity contribution in [3.05, 3.63) is 18.2 Å². The van der Waals surface area contributed by atoms with Crippen molar-refractivity contribution in [3.63, 3.8) is 0 Å². The fraction of sp³-hybridized carbons (Fsp3) is 0.556. The Labute approximate surface area is 143 Å². The van der Waals surface area contributed by atoms with E-state index in [4.69, 9.17) is 9.47 Å². The second-order valence-electron chi connectivity index (χ2n) is 5.90. The third-order valence-electron chi connectivity index (χ3n) is 4.31. The number of hydrogen-bond donors (Lipinski definition) is 0. The Morgan fingerprint density at radius 1 is 1.12 bits per heavy atom. The zero-order chi connectivity index (χ0) is 17.5. The number of anilines is 1. The van der Waals surface area contributed by atoms with E-state index in [9.17, 15) is 9.59 Å². The average Bonchev–Trinajstić information content (AvgIpc) is 2.62. The highest BCUT2D eigenvalue weighted by atomic mass is 16.5. The molecule has 2 rings (SSSR count). The second-order valence-corrected chi connectivity index (χ2v) is 5.90. The van der Waals surface area contributed by atoms with Crippen LogP contribution in [0.4, 0.5) is 5.69 Å². The lowest BCUT2D eigenvalue weighted by Gasteiger charge is -2.28. The molecule has 1 aliphatic heterocycles. The van der Waals surface area contributed by atoms with E-state index in [0.717, 1.165) is 25.9 Å². The third kappa shape index (κ3) is 4.40. The van der Waals surface area contributed by atoms with Crippen molar-refractivity contribution in [2.24, 2.45) is 0 Å². The normalized spacial score (nSPS) is 14.2. The zero-order valence-corrected chi connectivity index (χ0v) is 14.7. The smallest absolute Gasteiger partial charge is 0.224 e. The summed E-state index contributed by atoms with van der Waals surface area (Å²) in [7, 11) is 3.13. The van der Waals surface area contributed by atoms with Gasteiger partial charge in [-0.05, 0) is 31.4 Å². The highest BCUT2D eigenvalue weighted by Crippen LogP contribution is 2.32. The second kappa shape index (κ2) is 8.57. The summed E-state index contributed by atoms with van der Waals surface area (Å²) in [4.78, 5) is 27.9. The van der Waals surface area contributed by atoms with Gasteiger partial charge in [0, 0.05) is 39.0 Å². The molecule has 0 atom stereocenters. The van der Waals surface area contributed by atoms with E-state index >= 15 is 0 Å². The first kappa shape index (κ1) is 18.1. The molecule has 0 aromatic heterocycles. The molecule has 0 spiro atoms. The quantitative estimate of drug-likeness (QED) is 0.802. The van der Waals surface area contributed by atoms with Gasteiger partial charge < -0.3 is 19.3 Å². The number of rotatable bonds is 6. The lowest BCUT2D eigenvalue weighted by Crippen LogP contribution is -2.39. The molecule has 1 aliphatic rings. The minimum absolute atomic E-state index is 0.0998. The number of amides is 2. The van der Waals surface area contributed by atoms with Crippen LogP contribution >= 0.6 is 0 Å². The summed E-state index contributed by atoms with van der Waals surface area (Å²) in [6, 6.07) is 5.29. The van der Waals surface area contributed by atoms with Gasteiger partial charge in [0.15, 0.2) is 0 Å². The molecule has 1 aromatic rings. The van der Waals surface area contributed by atoms with Crippen LogP contribution in [0, 0.1) is 0 Å². The molecule has 24 heavy (non-hydrogen) atoms. The van der Waals surface area contributed by atoms with Crippen LogP contribution in [-0.4, -0.2) is 50.6 Å². The number of carbonyl (C=O) groups is 2. The van der Waals surface area contributed by atoms with Crippen LogP contribution in [0.25, 0.3) is 0 Å². The Morgan fingerprint density at radius 2 is 1.83 bits per heavy atom. The molecule has 132 valence electrons. The highest BCUT2D eigenvalue weighted by molar-refractivity contribution is 5.94. The molecular formula is C18H26N2O4. The summed E-state index contributed by atoms with van der Waals surface area (Å²) in [5.74, 6) is 1.19. The monoisotopic (exact) mass is 334 g/mol. The summed E-state index contributed by atoms with van der Waals surface area (Å²) in [6.07, 6.45) is 3.61. The first-order valence-corrected chi connectivity index (χ1v) is 8.34. The molecule has 1 fully saturated rings. The number of likely N-dealkylation sites (tertiary alicyclic amines) is 1. The molecule has 1 aromatic carbocycles. The number of methoxy groups -OCH3 is 2. The molecule has 0 aliphatic carbocycles. The van der Waals surface area contributed by atoms with Gasteiger partial charge >= 0.3 is 0 Å².